The van der Waals surface area contributed by atoms with Crippen LogP contribution in [0.15, 0.2) is 45.5 Å². The molecular formula is C15H18BrNO2. The molecule has 2 aromatic rings. The van der Waals surface area contributed by atoms with Crippen molar-refractivity contribution < 1.29 is 9.15 Å². The van der Waals surface area contributed by atoms with Gasteiger partial charge in [0.2, 0.25) is 0 Å². The molecule has 1 heterocycles. The smallest absolute Gasteiger partial charge is 0.133 e. The number of hydrogen-bond acceptors (Lipinski definition) is 3. The van der Waals surface area contributed by atoms with E-state index in [4.69, 9.17) is 9.15 Å². The normalized spacial score (nSPS) is 10.6. The number of nitrogens with one attached hydrogen (secondary N) is 1. The highest BCUT2D eigenvalue weighted by Crippen LogP contribution is 2.26. The van der Waals surface area contributed by atoms with E-state index in [-0.39, 0.29) is 0 Å². The van der Waals surface area contributed by atoms with Crippen molar-refractivity contribution >= 4 is 15.9 Å². The number of hydrogen-bond donors (Lipinski definition) is 1. The van der Waals surface area contributed by atoms with Gasteiger partial charge in [0.1, 0.15) is 11.5 Å². The van der Waals surface area contributed by atoms with Crippen LogP contribution in [0.25, 0.3) is 0 Å². The second kappa shape index (κ2) is 7.36. The maximum atomic E-state index is 5.62. The van der Waals surface area contributed by atoms with Crippen LogP contribution >= 0.6 is 15.9 Å². The number of halogens is 1. The molecule has 0 aliphatic rings. The quantitative estimate of drug-likeness (QED) is 0.832. The summed E-state index contributed by atoms with van der Waals surface area (Å²) in [6.07, 6.45) is 2.70. The summed E-state index contributed by atoms with van der Waals surface area (Å²) in [5, 5.41) is 3.34. The molecule has 0 radical (unpaired) electrons. The summed E-state index contributed by atoms with van der Waals surface area (Å²) in [7, 11) is 0. The second-order valence-corrected chi connectivity index (χ2v) is 5.15. The van der Waals surface area contributed by atoms with Gasteiger partial charge in [-0.05, 0) is 52.2 Å². The summed E-state index contributed by atoms with van der Waals surface area (Å²) in [5.41, 5.74) is 1.21. The van der Waals surface area contributed by atoms with E-state index in [2.05, 4.69) is 40.3 Å². The summed E-state index contributed by atoms with van der Waals surface area (Å²) < 4.78 is 11.9. The Morgan fingerprint density at radius 2 is 2.16 bits per heavy atom. The second-order valence-electron chi connectivity index (χ2n) is 4.30. The van der Waals surface area contributed by atoms with Crippen molar-refractivity contribution in [3.63, 3.8) is 0 Å². The highest BCUT2D eigenvalue weighted by molar-refractivity contribution is 9.10. The Labute approximate surface area is 122 Å². The van der Waals surface area contributed by atoms with Crippen molar-refractivity contribution in [3.05, 3.63) is 52.4 Å². The van der Waals surface area contributed by atoms with Crippen molar-refractivity contribution in [3.8, 4) is 5.75 Å². The molecule has 0 aliphatic carbocycles. The molecule has 0 atom stereocenters. The molecule has 0 saturated heterocycles. The van der Waals surface area contributed by atoms with Crippen molar-refractivity contribution in [1.82, 2.24) is 5.32 Å². The molecule has 3 nitrogen and oxygen atoms in total. The molecule has 4 heteroatoms. The summed E-state index contributed by atoms with van der Waals surface area (Å²) in [5.74, 6) is 1.85. The SMILES string of the molecule is CCCOc1ccc(CNCc2ccco2)cc1Br. The van der Waals surface area contributed by atoms with Gasteiger partial charge in [-0.25, -0.2) is 0 Å². The summed E-state index contributed by atoms with van der Waals surface area (Å²) in [6.45, 7) is 4.38. The van der Waals surface area contributed by atoms with Gasteiger partial charge in [-0.2, -0.15) is 0 Å². The van der Waals surface area contributed by atoms with Crippen molar-refractivity contribution in [2.45, 2.75) is 26.4 Å². The molecule has 1 aromatic carbocycles. The third-order valence-corrected chi connectivity index (χ3v) is 3.29. The first-order valence-corrected chi connectivity index (χ1v) is 7.23. The minimum atomic E-state index is 0.735. The van der Waals surface area contributed by atoms with Gasteiger partial charge in [0.15, 0.2) is 0 Å². The Kier molecular flexibility index (Phi) is 5.48. The highest BCUT2D eigenvalue weighted by Gasteiger charge is 2.03. The van der Waals surface area contributed by atoms with Gasteiger partial charge in [0.25, 0.3) is 0 Å². The third-order valence-electron chi connectivity index (χ3n) is 2.67. The topological polar surface area (TPSA) is 34.4 Å². The van der Waals surface area contributed by atoms with E-state index in [1.807, 2.05) is 18.2 Å². The van der Waals surface area contributed by atoms with Crippen LogP contribution in [0.5, 0.6) is 5.75 Å². The zero-order valence-electron chi connectivity index (χ0n) is 11.0. The van der Waals surface area contributed by atoms with Crippen molar-refractivity contribution in [2.24, 2.45) is 0 Å². The molecule has 0 unspecified atom stereocenters. The summed E-state index contributed by atoms with van der Waals surface area (Å²) in [6, 6.07) is 10.0. The molecule has 0 spiro atoms. The number of benzene rings is 1. The van der Waals surface area contributed by atoms with E-state index >= 15 is 0 Å². The molecule has 102 valence electrons. The van der Waals surface area contributed by atoms with Crippen LogP contribution in [0, 0.1) is 0 Å². The first-order valence-electron chi connectivity index (χ1n) is 6.44. The molecule has 0 amide bonds. The lowest BCUT2D eigenvalue weighted by atomic mass is 10.2. The minimum absolute atomic E-state index is 0.735. The lowest BCUT2D eigenvalue weighted by Crippen LogP contribution is -2.12. The zero-order valence-corrected chi connectivity index (χ0v) is 12.6. The third kappa shape index (κ3) is 4.40. The highest BCUT2D eigenvalue weighted by atomic mass is 79.9. The molecule has 0 bridgehead atoms. The predicted octanol–water partition coefficient (Wildman–Crippen LogP) is 4.12. The average Bonchev–Trinajstić information content (AvgIpc) is 2.91. The average molecular weight is 324 g/mol. The number of rotatable bonds is 7. The van der Waals surface area contributed by atoms with Crippen LogP contribution in [0.3, 0.4) is 0 Å². The molecule has 2 rings (SSSR count). The molecular weight excluding hydrogens is 306 g/mol. The van der Waals surface area contributed by atoms with E-state index in [9.17, 15) is 0 Å². The van der Waals surface area contributed by atoms with E-state index in [1.165, 1.54) is 5.56 Å². The number of furan rings is 1. The van der Waals surface area contributed by atoms with Gasteiger partial charge in [-0.3, -0.25) is 0 Å². The first-order chi connectivity index (χ1) is 9.29. The standard InChI is InChI=1S/C15H18BrNO2/c1-2-7-19-15-6-5-12(9-14(15)16)10-17-11-13-4-3-8-18-13/h3-6,8-9,17H,2,7,10-11H2,1H3. The van der Waals surface area contributed by atoms with Gasteiger partial charge < -0.3 is 14.5 Å². The Hall–Kier alpha value is -1.26. The van der Waals surface area contributed by atoms with Gasteiger partial charge in [-0.1, -0.05) is 13.0 Å². The maximum absolute atomic E-state index is 5.62. The molecule has 1 aromatic heterocycles. The predicted molar refractivity (Wildman–Crippen MR) is 79.2 cm³/mol. The molecule has 0 aliphatic heterocycles. The molecule has 0 saturated carbocycles. The van der Waals surface area contributed by atoms with Crippen LogP contribution in [0.2, 0.25) is 0 Å². The largest absolute Gasteiger partial charge is 0.492 e. The van der Waals surface area contributed by atoms with Gasteiger partial charge in [0.05, 0.1) is 23.9 Å². The van der Waals surface area contributed by atoms with Crippen molar-refractivity contribution in [2.75, 3.05) is 6.61 Å². The fourth-order valence-corrected chi connectivity index (χ4v) is 2.27. The lowest BCUT2D eigenvalue weighted by molar-refractivity contribution is 0.315. The summed E-state index contributed by atoms with van der Waals surface area (Å²) >= 11 is 3.54. The van der Waals surface area contributed by atoms with Gasteiger partial charge in [-0.15, -0.1) is 0 Å². The van der Waals surface area contributed by atoms with Crippen LogP contribution in [0.4, 0.5) is 0 Å². The molecule has 19 heavy (non-hydrogen) atoms. The van der Waals surface area contributed by atoms with Crippen LogP contribution in [-0.4, -0.2) is 6.61 Å². The zero-order chi connectivity index (χ0) is 13.5. The minimum Gasteiger partial charge on any atom is -0.492 e. The monoisotopic (exact) mass is 323 g/mol. The van der Waals surface area contributed by atoms with Crippen LogP contribution in [-0.2, 0) is 13.1 Å². The molecule has 0 fully saturated rings. The Balaban J connectivity index is 1.85. The number of ether oxygens (including phenoxy) is 1. The van der Waals surface area contributed by atoms with Crippen LogP contribution in [0.1, 0.15) is 24.7 Å². The van der Waals surface area contributed by atoms with Crippen LogP contribution < -0.4 is 10.1 Å². The first kappa shape index (κ1) is 14.2. The fraction of sp³-hybridized carbons (Fsp3) is 0.333. The lowest BCUT2D eigenvalue weighted by Gasteiger charge is -2.09. The van der Waals surface area contributed by atoms with E-state index in [0.717, 1.165) is 42.1 Å². The molecule has 1 N–H and O–H groups in total. The van der Waals surface area contributed by atoms with E-state index in [0.29, 0.717) is 0 Å². The van der Waals surface area contributed by atoms with Crippen molar-refractivity contribution in [1.29, 1.82) is 0 Å². The van der Waals surface area contributed by atoms with E-state index in [1.54, 1.807) is 6.26 Å². The Bertz CT molecular complexity index is 497. The Morgan fingerprint density at radius 3 is 2.84 bits per heavy atom. The fourth-order valence-electron chi connectivity index (χ4n) is 1.73. The van der Waals surface area contributed by atoms with Gasteiger partial charge >= 0.3 is 0 Å². The van der Waals surface area contributed by atoms with E-state index < -0.39 is 0 Å². The maximum Gasteiger partial charge on any atom is 0.133 e. The summed E-state index contributed by atoms with van der Waals surface area (Å²) in [4.78, 5) is 0. The van der Waals surface area contributed by atoms with Gasteiger partial charge in [0, 0.05) is 6.54 Å². The Morgan fingerprint density at radius 1 is 1.26 bits per heavy atom.